The lowest BCUT2D eigenvalue weighted by Gasteiger charge is -2.35. The molecular formula is C17H18Si. The summed E-state index contributed by atoms with van der Waals surface area (Å²) < 4.78 is 0. The Morgan fingerprint density at radius 2 is 1.83 bits per heavy atom. The first-order valence-electron chi connectivity index (χ1n) is 6.92. The lowest BCUT2D eigenvalue weighted by atomic mass is 10.00. The van der Waals surface area contributed by atoms with Gasteiger partial charge in [-0.2, -0.15) is 0 Å². The minimum absolute atomic E-state index is 1.22. The summed E-state index contributed by atoms with van der Waals surface area (Å²) in [5.74, 6) is 0. The maximum Gasteiger partial charge on any atom is 0.113 e. The van der Waals surface area contributed by atoms with Crippen molar-refractivity contribution in [3.8, 4) is 0 Å². The molecule has 0 fully saturated rings. The van der Waals surface area contributed by atoms with E-state index in [1.807, 2.05) is 0 Å². The average molecular weight is 250 g/mol. The molecule has 0 N–H and O–H groups in total. The lowest BCUT2D eigenvalue weighted by Crippen LogP contribution is -2.46. The standard InChI is InChI=1S/C17H18Si/c1-4-11-9-12-10-15-13-7-5-6-8-14(13)16(12)17(11)18(15,2)3/h5-8,10H,4,9H2,1-3H3. The number of allylic oxidation sites excluding steroid dienone is 1. The smallest absolute Gasteiger partial charge is 0.0658 e. The van der Waals surface area contributed by atoms with E-state index in [0.29, 0.717) is 0 Å². The monoisotopic (exact) mass is 250 g/mol. The molecule has 90 valence electrons. The Bertz CT molecular complexity index is 720. The number of rotatable bonds is 1. The quantitative estimate of drug-likeness (QED) is 0.670. The molecule has 0 nitrogen and oxygen atoms in total. The normalized spacial score (nSPS) is 19.1. The molecule has 2 heterocycles. The van der Waals surface area contributed by atoms with Crippen molar-refractivity contribution in [2.24, 2.45) is 0 Å². The maximum absolute atomic E-state index is 2.53. The molecule has 5 rings (SSSR count). The van der Waals surface area contributed by atoms with Crippen LogP contribution < -0.4 is 5.19 Å². The van der Waals surface area contributed by atoms with Crippen molar-refractivity contribution in [3.63, 3.8) is 0 Å². The van der Waals surface area contributed by atoms with Gasteiger partial charge >= 0.3 is 0 Å². The highest BCUT2D eigenvalue weighted by Crippen LogP contribution is 2.47. The van der Waals surface area contributed by atoms with Crippen molar-refractivity contribution in [1.82, 2.24) is 0 Å². The van der Waals surface area contributed by atoms with Crippen molar-refractivity contribution in [2.45, 2.75) is 32.9 Å². The zero-order chi connectivity index (χ0) is 12.5. The van der Waals surface area contributed by atoms with E-state index in [0.717, 1.165) is 0 Å². The molecule has 0 aromatic heterocycles. The highest BCUT2D eigenvalue weighted by molar-refractivity contribution is 7.07. The van der Waals surface area contributed by atoms with Gasteiger partial charge in [0, 0.05) is 0 Å². The molecule has 1 aliphatic carbocycles. The van der Waals surface area contributed by atoms with Crippen molar-refractivity contribution in [1.29, 1.82) is 0 Å². The van der Waals surface area contributed by atoms with Crippen LogP contribution in [-0.2, 0) is 6.42 Å². The topological polar surface area (TPSA) is 0 Å². The Kier molecular flexibility index (Phi) is 1.85. The van der Waals surface area contributed by atoms with Crippen LogP contribution in [0.25, 0.3) is 16.0 Å². The molecule has 0 radical (unpaired) electrons. The van der Waals surface area contributed by atoms with Crippen LogP contribution in [-0.4, -0.2) is 8.07 Å². The van der Waals surface area contributed by atoms with Crippen LogP contribution in [0.5, 0.6) is 0 Å². The van der Waals surface area contributed by atoms with Crippen LogP contribution in [0.15, 0.2) is 35.9 Å². The minimum atomic E-state index is -1.41. The zero-order valence-electron chi connectivity index (χ0n) is 11.3. The van der Waals surface area contributed by atoms with E-state index in [1.54, 1.807) is 27.1 Å². The van der Waals surface area contributed by atoms with Crippen molar-refractivity contribution in [2.75, 3.05) is 0 Å². The molecule has 0 spiro atoms. The molecular weight excluding hydrogens is 232 g/mol. The van der Waals surface area contributed by atoms with Crippen LogP contribution in [0.3, 0.4) is 0 Å². The Hall–Kier alpha value is -1.34. The summed E-state index contributed by atoms with van der Waals surface area (Å²) >= 11 is 0. The summed E-state index contributed by atoms with van der Waals surface area (Å²) in [6.07, 6.45) is 2.44. The molecule has 2 aliphatic heterocycles. The van der Waals surface area contributed by atoms with E-state index in [1.165, 1.54) is 23.6 Å². The van der Waals surface area contributed by atoms with Gasteiger partial charge in [0.1, 0.15) is 8.07 Å². The molecule has 2 aromatic rings. The Labute approximate surface area is 109 Å². The van der Waals surface area contributed by atoms with Crippen LogP contribution in [0.2, 0.25) is 13.1 Å². The first kappa shape index (κ1) is 10.6. The van der Waals surface area contributed by atoms with E-state index >= 15 is 0 Å². The van der Waals surface area contributed by atoms with Gasteiger partial charge in [-0.1, -0.05) is 55.9 Å². The molecule has 2 aromatic carbocycles. The SMILES string of the molecule is CCC1=C2c3c(cc(c4ccccc34)[Si]2(C)C)C1. The Morgan fingerprint density at radius 3 is 2.56 bits per heavy atom. The van der Waals surface area contributed by atoms with Gasteiger partial charge < -0.3 is 0 Å². The second kappa shape index (κ2) is 3.15. The van der Waals surface area contributed by atoms with Crippen LogP contribution in [0.4, 0.5) is 0 Å². The van der Waals surface area contributed by atoms with Gasteiger partial charge in [0.2, 0.25) is 0 Å². The minimum Gasteiger partial charge on any atom is -0.0658 e. The van der Waals surface area contributed by atoms with Crippen LogP contribution >= 0.6 is 0 Å². The predicted molar refractivity (Wildman–Crippen MR) is 82.0 cm³/mol. The molecule has 3 aliphatic rings. The van der Waals surface area contributed by atoms with Crippen LogP contribution in [0, 0.1) is 0 Å². The van der Waals surface area contributed by atoms with Gasteiger partial charge in [0.15, 0.2) is 0 Å². The molecule has 1 heteroatoms. The van der Waals surface area contributed by atoms with Crippen molar-refractivity contribution in [3.05, 3.63) is 47.0 Å². The van der Waals surface area contributed by atoms with Crippen LogP contribution in [0.1, 0.15) is 24.5 Å². The highest BCUT2D eigenvalue weighted by atomic mass is 28.3. The molecule has 0 saturated carbocycles. The van der Waals surface area contributed by atoms with Gasteiger partial charge in [0.25, 0.3) is 0 Å². The molecule has 0 saturated heterocycles. The van der Waals surface area contributed by atoms with E-state index < -0.39 is 8.07 Å². The van der Waals surface area contributed by atoms with Crippen molar-refractivity contribution >= 4 is 29.2 Å². The summed E-state index contributed by atoms with van der Waals surface area (Å²) in [6, 6.07) is 11.5. The van der Waals surface area contributed by atoms with E-state index in [-0.39, 0.29) is 0 Å². The van der Waals surface area contributed by atoms with Gasteiger partial charge in [-0.15, -0.1) is 0 Å². The van der Waals surface area contributed by atoms with Gasteiger partial charge in [-0.05, 0) is 45.1 Å². The van der Waals surface area contributed by atoms with Gasteiger partial charge in [-0.25, -0.2) is 0 Å². The number of benzene rings is 2. The molecule has 4 bridgehead atoms. The Morgan fingerprint density at radius 1 is 1.11 bits per heavy atom. The first-order valence-corrected chi connectivity index (χ1v) is 9.92. The van der Waals surface area contributed by atoms with E-state index in [9.17, 15) is 0 Å². The molecule has 0 atom stereocenters. The first-order chi connectivity index (χ1) is 8.64. The second-order valence-corrected chi connectivity index (χ2v) is 10.4. The molecule has 18 heavy (non-hydrogen) atoms. The fraction of sp³-hybridized carbons (Fsp3) is 0.294. The average Bonchev–Trinajstić information content (AvgIpc) is 2.72. The van der Waals surface area contributed by atoms with E-state index in [4.69, 9.17) is 0 Å². The van der Waals surface area contributed by atoms with Gasteiger partial charge in [-0.3, -0.25) is 0 Å². The maximum atomic E-state index is 2.53. The number of hydrogen-bond donors (Lipinski definition) is 0. The van der Waals surface area contributed by atoms with E-state index in [2.05, 4.69) is 50.3 Å². The third-order valence-electron chi connectivity index (χ3n) is 4.86. The molecule has 0 amide bonds. The third kappa shape index (κ3) is 1.02. The lowest BCUT2D eigenvalue weighted by molar-refractivity contribution is 1.04. The highest BCUT2D eigenvalue weighted by Gasteiger charge is 2.42. The largest absolute Gasteiger partial charge is 0.113 e. The fourth-order valence-electron chi connectivity index (χ4n) is 4.07. The summed E-state index contributed by atoms with van der Waals surface area (Å²) in [5, 5.41) is 6.47. The second-order valence-electron chi connectivity index (χ2n) is 6.14. The number of hydrogen-bond acceptors (Lipinski definition) is 0. The fourth-order valence-corrected chi connectivity index (χ4v) is 7.84. The Balaban J connectivity index is 2.25. The van der Waals surface area contributed by atoms with Crippen molar-refractivity contribution < 1.29 is 0 Å². The zero-order valence-corrected chi connectivity index (χ0v) is 12.3. The van der Waals surface area contributed by atoms with Gasteiger partial charge in [0.05, 0.1) is 0 Å². The summed E-state index contributed by atoms with van der Waals surface area (Å²) in [6.45, 7) is 7.38. The third-order valence-corrected chi connectivity index (χ3v) is 8.47. The summed E-state index contributed by atoms with van der Waals surface area (Å²) in [7, 11) is -1.41. The molecule has 0 unspecified atom stereocenters. The summed E-state index contributed by atoms with van der Waals surface area (Å²) in [4.78, 5) is 0. The predicted octanol–water partition coefficient (Wildman–Crippen LogP) is 4.03. The summed E-state index contributed by atoms with van der Waals surface area (Å²) in [5.41, 5.74) is 4.94.